The van der Waals surface area contributed by atoms with Crippen molar-refractivity contribution >= 4 is 5.69 Å². The van der Waals surface area contributed by atoms with Crippen LogP contribution in [0.25, 0.3) is 0 Å². The van der Waals surface area contributed by atoms with Crippen LogP contribution >= 0.6 is 0 Å². The third kappa shape index (κ3) is 4.40. The topological polar surface area (TPSA) is 84.6 Å². The van der Waals surface area contributed by atoms with Crippen LogP contribution in [-0.2, 0) is 4.74 Å². The number of hydrogen-bond acceptors (Lipinski definition) is 5. The molecule has 0 fully saturated rings. The van der Waals surface area contributed by atoms with Gasteiger partial charge in [-0.15, -0.1) is 0 Å². The van der Waals surface area contributed by atoms with E-state index in [4.69, 9.17) is 9.84 Å². The average molecular weight is 254 g/mol. The molecule has 0 saturated carbocycles. The van der Waals surface area contributed by atoms with E-state index < -0.39 is 0 Å². The zero-order valence-corrected chi connectivity index (χ0v) is 10.3. The summed E-state index contributed by atoms with van der Waals surface area (Å²) in [5.74, 6) is 0. The molecule has 0 amide bonds. The Labute approximate surface area is 106 Å². The minimum Gasteiger partial charge on any atom is -0.394 e. The summed E-state index contributed by atoms with van der Waals surface area (Å²) >= 11 is 0. The van der Waals surface area contributed by atoms with Crippen molar-refractivity contribution < 1.29 is 14.8 Å². The van der Waals surface area contributed by atoms with Crippen LogP contribution < -0.4 is 5.32 Å². The molecule has 1 rings (SSSR count). The van der Waals surface area contributed by atoms with Crippen molar-refractivity contribution in [1.29, 1.82) is 0 Å². The molecule has 0 aromatic heterocycles. The summed E-state index contributed by atoms with van der Waals surface area (Å²) in [6.07, 6.45) is 0. The monoisotopic (exact) mass is 254 g/mol. The van der Waals surface area contributed by atoms with Gasteiger partial charge in [-0.2, -0.15) is 0 Å². The van der Waals surface area contributed by atoms with Gasteiger partial charge in [0.25, 0.3) is 5.69 Å². The minimum atomic E-state index is -0.379. The van der Waals surface area contributed by atoms with E-state index >= 15 is 0 Å². The van der Waals surface area contributed by atoms with E-state index in [1.807, 2.05) is 6.92 Å². The molecule has 0 aliphatic rings. The molecule has 1 aromatic carbocycles. The van der Waals surface area contributed by atoms with Crippen LogP contribution in [0.1, 0.15) is 18.5 Å². The lowest BCUT2D eigenvalue weighted by Gasteiger charge is -2.14. The van der Waals surface area contributed by atoms with Gasteiger partial charge in [-0.25, -0.2) is 0 Å². The van der Waals surface area contributed by atoms with Crippen molar-refractivity contribution in [2.45, 2.75) is 13.0 Å². The van der Waals surface area contributed by atoms with E-state index in [0.29, 0.717) is 25.3 Å². The molecular weight excluding hydrogens is 236 g/mol. The first-order chi connectivity index (χ1) is 8.66. The molecule has 1 unspecified atom stereocenters. The number of aliphatic hydroxyl groups excluding tert-OH is 1. The van der Waals surface area contributed by atoms with Crippen LogP contribution in [0.4, 0.5) is 5.69 Å². The van der Waals surface area contributed by atoms with Crippen LogP contribution in [0.15, 0.2) is 24.3 Å². The Bertz CT molecular complexity index is 384. The van der Waals surface area contributed by atoms with E-state index in [1.165, 1.54) is 6.07 Å². The van der Waals surface area contributed by atoms with Crippen molar-refractivity contribution in [3.63, 3.8) is 0 Å². The molecule has 1 atom stereocenters. The quantitative estimate of drug-likeness (QED) is 0.414. The number of ether oxygens (including phenoxy) is 1. The summed E-state index contributed by atoms with van der Waals surface area (Å²) in [7, 11) is 0. The van der Waals surface area contributed by atoms with Gasteiger partial charge in [-0.1, -0.05) is 18.2 Å². The van der Waals surface area contributed by atoms with Crippen molar-refractivity contribution in [2.24, 2.45) is 0 Å². The van der Waals surface area contributed by atoms with E-state index in [-0.39, 0.29) is 23.3 Å². The first kappa shape index (κ1) is 14.6. The van der Waals surface area contributed by atoms with E-state index in [9.17, 15) is 10.1 Å². The van der Waals surface area contributed by atoms with Gasteiger partial charge in [0.05, 0.1) is 24.7 Å². The molecular formula is C12H18N2O4. The molecule has 0 bridgehead atoms. The zero-order valence-electron chi connectivity index (χ0n) is 10.3. The molecule has 0 aliphatic carbocycles. The highest BCUT2D eigenvalue weighted by atomic mass is 16.6. The van der Waals surface area contributed by atoms with Gasteiger partial charge in [0.1, 0.15) is 0 Å². The van der Waals surface area contributed by atoms with Crippen LogP contribution in [-0.4, -0.2) is 36.4 Å². The summed E-state index contributed by atoms with van der Waals surface area (Å²) in [5, 5.41) is 22.5. The summed E-state index contributed by atoms with van der Waals surface area (Å²) in [6.45, 7) is 3.22. The predicted molar refractivity (Wildman–Crippen MR) is 67.4 cm³/mol. The fourth-order valence-corrected chi connectivity index (χ4v) is 1.64. The summed E-state index contributed by atoms with van der Waals surface area (Å²) in [4.78, 5) is 10.5. The standard InChI is InChI=1S/C12H18N2O4/c1-10(13-6-8-18-9-7-15)11-4-2-3-5-12(11)14(16)17/h2-5,10,13,15H,6-9H2,1H3. The van der Waals surface area contributed by atoms with Gasteiger partial charge in [0.15, 0.2) is 0 Å². The average Bonchev–Trinajstić information content (AvgIpc) is 2.38. The molecule has 18 heavy (non-hydrogen) atoms. The lowest BCUT2D eigenvalue weighted by molar-refractivity contribution is -0.385. The Morgan fingerprint density at radius 3 is 2.83 bits per heavy atom. The highest BCUT2D eigenvalue weighted by Gasteiger charge is 2.17. The van der Waals surface area contributed by atoms with Crippen LogP contribution in [0.5, 0.6) is 0 Å². The molecule has 0 spiro atoms. The largest absolute Gasteiger partial charge is 0.394 e. The van der Waals surface area contributed by atoms with Gasteiger partial charge in [-0.3, -0.25) is 10.1 Å². The van der Waals surface area contributed by atoms with Gasteiger partial charge in [0, 0.05) is 24.2 Å². The van der Waals surface area contributed by atoms with Crippen LogP contribution in [0.3, 0.4) is 0 Å². The molecule has 6 nitrogen and oxygen atoms in total. The number of nitrogens with one attached hydrogen (secondary N) is 1. The third-order valence-corrected chi connectivity index (χ3v) is 2.53. The summed E-state index contributed by atoms with van der Waals surface area (Å²) in [6, 6.07) is 6.55. The number of aliphatic hydroxyl groups is 1. The Morgan fingerprint density at radius 1 is 1.44 bits per heavy atom. The fraction of sp³-hybridized carbons (Fsp3) is 0.500. The number of nitrogens with zero attached hydrogens (tertiary/aromatic N) is 1. The molecule has 0 aliphatic heterocycles. The second-order valence-electron chi connectivity index (χ2n) is 3.83. The lowest BCUT2D eigenvalue weighted by Crippen LogP contribution is -2.24. The number of hydrogen-bond donors (Lipinski definition) is 2. The molecule has 0 radical (unpaired) electrons. The molecule has 2 N–H and O–H groups in total. The Hall–Kier alpha value is -1.50. The predicted octanol–water partition coefficient (Wildman–Crippen LogP) is 1.25. The van der Waals surface area contributed by atoms with Crippen molar-refractivity contribution in [2.75, 3.05) is 26.4 Å². The van der Waals surface area contributed by atoms with Crippen molar-refractivity contribution in [3.8, 4) is 0 Å². The molecule has 6 heteroatoms. The van der Waals surface area contributed by atoms with E-state index in [1.54, 1.807) is 18.2 Å². The van der Waals surface area contributed by atoms with Crippen LogP contribution in [0, 0.1) is 10.1 Å². The molecule has 1 aromatic rings. The maximum absolute atomic E-state index is 10.9. The normalized spacial score (nSPS) is 12.3. The maximum Gasteiger partial charge on any atom is 0.274 e. The van der Waals surface area contributed by atoms with Gasteiger partial charge in [-0.05, 0) is 6.92 Å². The molecule has 0 saturated heterocycles. The number of benzene rings is 1. The Kier molecular flexibility index (Phi) is 6.27. The Balaban J connectivity index is 2.51. The lowest BCUT2D eigenvalue weighted by atomic mass is 10.1. The number of para-hydroxylation sites is 1. The van der Waals surface area contributed by atoms with Crippen LogP contribution in [0.2, 0.25) is 0 Å². The first-order valence-corrected chi connectivity index (χ1v) is 5.82. The Morgan fingerprint density at radius 2 is 2.17 bits per heavy atom. The second kappa shape index (κ2) is 7.75. The summed E-state index contributed by atoms with van der Waals surface area (Å²) in [5.41, 5.74) is 0.776. The first-order valence-electron chi connectivity index (χ1n) is 5.82. The molecule has 100 valence electrons. The maximum atomic E-state index is 10.9. The minimum absolute atomic E-state index is 0.000287. The smallest absolute Gasteiger partial charge is 0.274 e. The van der Waals surface area contributed by atoms with Gasteiger partial charge < -0.3 is 15.2 Å². The van der Waals surface area contributed by atoms with Gasteiger partial charge >= 0.3 is 0 Å². The second-order valence-corrected chi connectivity index (χ2v) is 3.83. The highest BCUT2D eigenvalue weighted by Crippen LogP contribution is 2.23. The zero-order chi connectivity index (χ0) is 13.4. The number of rotatable bonds is 8. The summed E-state index contributed by atoms with van der Waals surface area (Å²) < 4.78 is 5.10. The van der Waals surface area contributed by atoms with E-state index in [0.717, 1.165) is 0 Å². The van der Waals surface area contributed by atoms with Gasteiger partial charge in [0.2, 0.25) is 0 Å². The van der Waals surface area contributed by atoms with Crippen molar-refractivity contribution in [3.05, 3.63) is 39.9 Å². The number of nitro groups is 1. The SMILES string of the molecule is CC(NCCOCCO)c1ccccc1[N+](=O)[O-]. The fourth-order valence-electron chi connectivity index (χ4n) is 1.64. The number of nitro benzene ring substituents is 1. The van der Waals surface area contributed by atoms with Crippen molar-refractivity contribution in [1.82, 2.24) is 5.32 Å². The third-order valence-electron chi connectivity index (χ3n) is 2.53. The van der Waals surface area contributed by atoms with E-state index in [2.05, 4.69) is 5.32 Å². The highest BCUT2D eigenvalue weighted by molar-refractivity contribution is 5.41. The molecule has 0 heterocycles.